The van der Waals surface area contributed by atoms with Crippen LogP contribution in [-0.2, 0) is 11.3 Å². The van der Waals surface area contributed by atoms with Crippen LogP contribution in [0.4, 0.5) is 9.93 Å². The summed E-state index contributed by atoms with van der Waals surface area (Å²) in [6, 6.07) is 0.190. The predicted molar refractivity (Wildman–Crippen MR) is 85.6 cm³/mol. The molecule has 0 bridgehead atoms. The van der Waals surface area contributed by atoms with E-state index < -0.39 is 0 Å². The first-order valence-electron chi connectivity index (χ1n) is 7.59. The van der Waals surface area contributed by atoms with Gasteiger partial charge in [-0.2, -0.15) is 0 Å². The van der Waals surface area contributed by atoms with E-state index in [0.717, 1.165) is 5.69 Å². The Bertz CT molecular complexity index is 458. The van der Waals surface area contributed by atoms with Crippen LogP contribution in [-0.4, -0.2) is 36.1 Å². The van der Waals surface area contributed by atoms with Crippen molar-refractivity contribution in [2.45, 2.75) is 51.7 Å². The number of aromatic nitrogens is 1. The second-order valence-corrected chi connectivity index (χ2v) is 6.61. The minimum Gasteiger partial charge on any atom is -0.378 e. The number of ether oxygens (including phenoxy) is 1. The fourth-order valence-corrected chi connectivity index (χ4v) is 3.56. The summed E-state index contributed by atoms with van der Waals surface area (Å²) in [5.74, 6) is 0.620. The molecule has 0 aliphatic heterocycles. The van der Waals surface area contributed by atoms with Crippen molar-refractivity contribution in [3.8, 4) is 0 Å². The lowest BCUT2D eigenvalue weighted by atomic mass is 9.84. The maximum Gasteiger partial charge on any atom is 0.323 e. The van der Waals surface area contributed by atoms with Gasteiger partial charge in [0.25, 0.3) is 0 Å². The Morgan fingerprint density at radius 3 is 2.90 bits per heavy atom. The van der Waals surface area contributed by atoms with Gasteiger partial charge in [-0.1, -0.05) is 19.3 Å². The van der Waals surface area contributed by atoms with Crippen LogP contribution in [0.1, 0.15) is 44.7 Å². The zero-order chi connectivity index (χ0) is 15.2. The predicted octanol–water partition coefficient (Wildman–Crippen LogP) is 3.72. The van der Waals surface area contributed by atoms with Crippen molar-refractivity contribution in [2.75, 3.05) is 19.5 Å². The van der Waals surface area contributed by atoms with Crippen LogP contribution in [0.2, 0.25) is 0 Å². The number of amides is 2. The van der Waals surface area contributed by atoms with Gasteiger partial charge in [-0.05, 0) is 25.7 Å². The molecule has 1 atom stereocenters. The van der Waals surface area contributed by atoms with Crippen LogP contribution in [0.25, 0.3) is 0 Å². The molecule has 1 aliphatic rings. The smallest absolute Gasteiger partial charge is 0.323 e. The van der Waals surface area contributed by atoms with Gasteiger partial charge in [0.1, 0.15) is 0 Å². The van der Waals surface area contributed by atoms with Crippen molar-refractivity contribution < 1.29 is 9.53 Å². The third kappa shape index (κ3) is 4.41. The van der Waals surface area contributed by atoms with Crippen LogP contribution < -0.4 is 5.32 Å². The fourth-order valence-electron chi connectivity index (χ4n) is 2.88. The maximum absolute atomic E-state index is 12.3. The van der Waals surface area contributed by atoms with Crippen LogP contribution in [0, 0.1) is 5.92 Å². The molecule has 0 radical (unpaired) electrons. The van der Waals surface area contributed by atoms with Crippen molar-refractivity contribution >= 4 is 22.5 Å². The van der Waals surface area contributed by atoms with Crippen molar-refractivity contribution in [1.29, 1.82) is 0 Å². The minimum atomic E-state index is -0.0774. The summed E-state index contributed by atoms with van der Waals surface area (Å²) < 4.78 is 5.03. The second-order valence-electron chi connectivity index (χ2n) is 5.76. The Morgan fingerprint density at radius 1 is 1.52 bits per heavy atom. The lowest BCUT2D eigenvalue weighted by Gasteiger charge is -2.34. The molecular weight excluding hydrogens is 286 g/mol. The largest absolute Gasteiger partial charge is 0.378 e. The Kier molecular flexibility index (Phi) is 5.99. The lowest BCUT2D eigenvalue weighted by molar-refractivity contribution is 0.167. The third-order valence-electron chi connectivity index (χ3n) is 4.32. The molecular formula is C15H25N3O2S. The van der Waals surface area contributed by atoms with Crippen LogP contribution in [0.3, 0.4) is 0 Å². The van der Waals surface area contributed by atoms with Crippen molar-refractivity contribution in [1.82, 2.24) is 9.88 Å². The van der Waals surface area contributed by atoms with Crippen LogP contribution in [0.15, 0.2) is 5.38 Å². The van der Waals surface area contributed by atoms with Crippen molar-refractivity contribution in [3.05, 3.63) is 11.1 Å². The zero-order valence-electron chi connectivity index (χ0n) is 13.1. The van der Waals surface area contributed by atoms with Crippen LogP contribution in [0.5, 0.6) is 0 Å². The van der Waals surface area contributed by atoms with Gasteiger partial charge >= 0.3 is 6.03 Å². The van der Waals surface area contributed by atoms with Gasteiger partial charge in [-0.3, -0.25) is 5.32 Å². The van der Waals surface area contributed by atoms with E-state index in [2.05, 4.69) is 17.2 Å². The van der Waals surface area contributed by atoms with Gasteiger partial charge < -0.3 is 9.64 Å². The van der Waals surface area contributed by atoms with Gasteiger partial charge in [0, 0.05) is 25.6 Å². The highest BCUT2D eigenvalue weighted by Crippen LogP contribution is 2.28. The van der Waals surface area contributed by atoms with Crippen molar-refractivity contribution in [3.63, 3.8) is 0 Å². The first-order chi connectivity index (χ1) is 10.1. The highest BCUT2D eigenvalue weighted by Gasteiger charge is 2.26. The quantitative estimate of drug-likeness (QED) is 0.901. The topological polar surface area (TPSA) is 54.5 Å². The number of hydrogen-bond donors (Lipinski definition) is 1. The molecule has 118 valence electrons. The minimum absolute atomic E-state index is 0.0774. The van der Waals surface area contributed by atoms with E-state index in [1.165, 1.54) is 43.4 Å². The van der Waals surface area contributed by atoms with E-state index >= 15 is 0 Å². The van der Waals surface area contributed by atoms with E-state index in [0.29, 0.717) is 17.7 Å². The first kappa shape index (κ1) is 16.2. The molecule has 0 aromatic carbocycles. The van der Waals surface area contributed by atoms with Gasteiger partial charge in [-0.25, -0.2) is 9.78 Å². The van der Waals surface area contributed by atoms with Crippen molar-refractivity contribution in [2.24, 2.45) is 5.92 Å². The normalized spacial score (nSPS) is 17.5. The summed E-state index contributed by atoms with van der Waals surface area (Å²) >= 11 is 1.43. The van der Waals surface area contributed by atoms with Gasteiger partial charge in [0.15, 0.2) is 5.13 Å². The molecule has 21 heavy (non-hydrogen) atoms. The molecule has 1 N–H and O–H groups in total. The number of nitrogens with zero attached hydrogens (tertiary/aromatic N) is 2. The number of urea groups is 1. The number of carbonyl (C=O) groups excluding carboxylic acids is 1. The second kappa shape index (κ2) is 7.75. The number of thiazole rings is 1. The van der Waals surface area contributed by atoms with Gasteiger partial charge in [0.2, 0.25) is 0 Å². The maximum atomic E-state index is 12.3. The summed E-state index contributed by atoms with van der Waals surface area (Å²) in [5, 5.41) is 5.42. The number of anilines is 1. The molecule has 1 aromatic rings. The molecule has 1 saturated carbocycles. The monoisotopic (exact) mass is 311 g/mol. The molecule has 2 amide bonds. The average Bonchev–Trinajstić information content (AvgIpc) is 2.94. The molecule has 6 heteroatoms. The highest BCUT2D eigenvalue weighted by molar-refractivity contribution is 7.13. The molecule has 2 rings (SSSR count). The average molecular weight is 311 g/mol. The molecule has 1 fully saturated rings. The Hall–Kier alpha value is -1.14. The summed E-state index contributed by atoms with van der Waals surface area (Å²) in [6.45, 7) is 2.62. The first-order valence-corrected chi connectivity index (χ1v) is 8.47. The summed E-state index contributed by atoms with van der Waals surface area (Å²) in [5.41, 5.74) is 0.848. The van der Waals surface area contributed by atoms with E-state index in [1.807, 2.05) is 17.3 Å². The number of rotatable bonds is 5. The Labute approximate surface area is 130 Å². The standard InChI is InChI=1S/C15H25N3O2S/c1-11(12-7-5-4-6-8-12)18(2)15(19)17-14-16-13(9-20-3)10-21-14/h10-12H,4-9H2,1-3H3,(H,16,17,19). The number of methoxy groups -OCH3 is 1. The molecule has 1 aromatic heterocycles. The summed E-state index contributed by atoms with van der Waals surface area (Å²) in [6.07, 6.45) is 6.37. The molecule has 0 spiro atoms. The summed E-state index contributed by atoms with van der Waals surface area (Å²) in [4.78, 5) is 18.5. The number of nitrogens with one attached hydrogen (secondary N) is 1. The third-order valence-corrected chi connectivity index (χ3v) is 5.13. The molecule has 1 heterocycles. The number of carbonyl (C=O) groups is 1. The fraction of sp³-hybridized carbons (Fsp3) is 0.733. The lowest BCUT2D eigenvalue weighted by Crippen LogP contribution is -2.42. The molecule has 0 saturated heterocycles. The Morgan fingerprint density at radius 2 is 2.24 bits per heavy atom. The number of hydrogen-bond acceptors (Lipinski definition) is 4. The van der Waals surface area contributed by atoms with E-state index in [1.54, 1.807) is 7.11 Å². The molecule has 1 unspecified atom stereocenters. The highest BCUT2D eigenvalue weighted by atomic mass is 32.1. The zero-order valence-corrected chi connectivity index (χ0v) is 13.9. The summed E-state index contributed by atoms with van der Waals surface area (Å²) in [7, 11) is 3.51. The Balaban J connectivity index is 1.88. The van der Waals surface area contributed by atoms with E-state index in [-0.39, 0.29) is 12.1 Å². The van der Waals surface area contributed by atoms with Gasteiger partial charge in [0.05, 0.1) is 12.3 Å². The van der Waals surface area contributed by atoms with E-state index in [4.69, 9.17) is 4.74 Å². The molecule has 1 aliphatic carbocycles. The van der Waals surface area contributed by atoms with Gasteiger partial charge in [-0.15, -0.1) is 11.3 Å². The SMILES string of the molecule is COCc1csc(NC(=O)N(C)C(C)C2CCCCC2)n1. The molecule has 5 nitrogen and oxygen atoms in total. The van der Waals surface area contributed by atoms with Crippen LogP contribution >= 0.6 is 11.3 Å². The van der Waals surface area contributed by atoms with E-state index in [9.17, 15) is 4.79 Å².